The molecule has 0 N–H and O–H groups in total. The molecule has 25 heavy (non-hydrogen) atoms. The Morgan fingerprint density at radius 2 is 1.56 bits per heavy atom. The topological polar surface area (TPSA) is 36.0 Å². The lowest BCUT2D eigenvalue weighted by molar-refractivity contribution is -0.148. The van der Waals surface area contributed by atoms with Crippen molar-refractivity contribution in [3.63, 3.8) is 0 Å². The number of anilines is 1. The van der Waals surface area contributed by atoms with Crippen molar-refractivity contribution in [2.75, 3.05) is 57.3 Å². The lowest BCUT2D eigenvalue weighted by Gasteiger charge is -2.37. The Bertz CT molecular complexity index is 521. The molecule has 0 aliphatic carbocycles. The molecule has 0 atom stereocenters. The predicted octanol–water partition coefficient (Wildman–Crippen LogP) is 2.23. The summed E-state index contributed by atoms with van der Waals surface area (Å²) in [5.74, 6) is -0.145. The maximum Gasteiger partial charge on any atom is 0.302 e. The van der Waals surface area contributed by atoms with E-state index in [1.165, 1.54) is 25.6 Å². The van der Waals surface area contributed by atoms with E-state index < -0.39 is 0 Å². The van der Waals surface area contributed by atoms with Crippen LogP contribution in [-0.2, 0) is 9.53 Å². The summed E-state index contributed by atoms with van der Waals surface area (Å²) in [5.41, 5.74) is 1.35. The Balaban J connectivity index is 1.29. The van der Waals surface area contributed by atoms with Crippen LogP contribution in [0.25, 0.3) is 0 Å². The number of hydrogen-bond acceptors (Lipinski definition) is 5. The van der Waals surface area contributed by atoms with Crippen LogP contribution in [0, 0.1) is 0 Å². The number of likely N-dealkylation sites (tertiary alicyclic amines) is 1. The maximum absolute atomic E-state index is 11.0. The summed E-state index contributed by atoms with van der Waals surface area (Å²) in [5, 5.41) is 0. The summed E-state index contributed by atoms with van der Waals surface area (Å²) in [6, 6.07) is 10.7. The van der Waals surface area contributed by atoms with E-state index in [0.29, 0.717) is 0 Å². The average Bonchev–Trinajstić information content (AvgIpc) is 2.64. The number of piperazine rings is 1. The third kappa shape index (κ3) is 5.72. The normalized spacial score (nSPS) is 20.6. The van der Waals surface area contributed by atoms with Crippen LogP contribution in [0.15, 0.2) is 30.3 Å². The van der Waals surface area contributed by atoms with Gasteiger partial charge in [0.05, 0.1) is 0 Å². The van der Waals surface area contributed by atoms with Gasteiger partial charge in [-0.1, -0.05) is 18.2 Å². The van der Waals surface area contributed by atoms with Crippen molar-refractivity contribution < 1.29 is 9.53 Å². The molecule has 2 saturated heterocycles. The zero-order chi connectivity index (χ0) is 17.5. The summed E-state index contributed by atoms with van der Waals surface area (Å²) in [6.07, 6.45) is 3.33. The summed E-state index contributed by atoms with van der Waals surface area (Å²) < 4.78 is 5.31. The van der Waals surface area contributed by atoms with Crippen LogP contribution in [0.5, 0.6) is 0 Å². The zero-order valence-corrected chi connectivity index (χ0v) is 15.4. The highest BCUT2D eigenvalue weighted by Gasteiger charge is 2.21. The molecule has 3 rings (SSSR count). The van der Waals surface area contributed by atoms with E-state index in [9.17, 15) is 4.79 Å². The molecule has 1 aromatic rings. The molecular formula is C20H31N3O2. The van der Waals surface area contributed by atoms with Crippen LogP contribution >= 0.6 is 0 Å². The first kappa shape index (κ1) is 18.2. The maximum atomic E-state index is 11.0. The van der Waals surface area contributed by atoms with Crippen molar-refractivity contribution in [3.8, 4) is 0 Å². The van der Waals surface area contributed by atoms with Crippen molar-refractivity contribution >= 4 is 11.7 Å². The Morgan fingerprint density at radius 1 is 0.960 bits per heavy atom. The van der Waals surface area contributed by atoms with Gasteiger partial charge in [0.15, 0.2) is 0 Å². The first-order chi connectivity index (χ1) is 12.2. The highest BCUT2D eigenvalue weighted by atomic mass is 16.5. The fourth-order valence-corrected chi connectivity index (χ4v) is 3.87. The molecule has 0 radical (unpaired) electrons. The van der Waals surface area contributed by atoms with E-state index in [2.05, 4.69) is 45.0 Å². The fourth-order valence-electron chi connectivity index (χ4n) is 3.87. The summed E-state index contributed by atoms with van der Waals surface area (Å²) >= 11 is 0. The van der Waals surface area contributed by atoms with Gasteiger partial charge in [0.25, 0.3) is 0 Å². The van der Waals surface area contributed by atoms with Gasteiger partial charge in [-0.3, -0.25) is 9.69 Å². The molecule has 5 nitrogen and oxygen atoms in total. The minimum absolute atomic E-state index is 0.139. The van der Waals surface area contributed by atoms with Gasteiger partial charge in [-0.05, 0) is 44.5 Å². The van der Waals surface area contributed by atoms with E-state index in [1.54, 1.807) is 0 Å². The van der Waals surface area contributed by atoms with E-state index in [4.69, 9.17) is 4.74 Å². The number of nitrogens with zero attached hydrogens (tertiary/aromatic N) is 3. The lowest BCUT2D eigenvalue weighted by atomic mass is 10.1. The highest BCUT2D eigenvalue weighted by Crippen LogP contribution is 2.16. The van der Waals surface area contributed by atoms with Crippen LogP contribution in [0.4, 0.5) is 5.69 Å². The molecule has 2 fully saturated rings. The molecule has 2 aliphatic heterocycles. The molecule has 0 bridgehead atoms. The minimum Gasteiger partial charge on any atom is -0.462 e. The molecular weight excluding hydrogens is 314 g/mol. The quantitative estimate of drug-likeness (QED) is 0.739. The van der Waals surface area contributed by atoms with Gasteiger partial charge in [0, 0.05) is 51.9 Å². The van der Waals surface area contributed by atoms with Crippen molar-refractivity contribution in [3.05, 3.63) is 30.3 Å². The van der Waals surface area contributed by atoms with Crippen LogP contribution in [0.1, 0.15) is 26.2 Å². The summed E-state index contributed by atoms with van der Waals surface area (Å²) in [7, 11) is 0. The second kappa shape index (κ2) is 9.20. The number of rotatable bonds is 6. The van der Waals surface area contributed by atoms with E-state index >= 15 is 0 Å². The summed E-state index contributed by atoms with van der Waals surface area (Å²) in [4.78, 5) is 18.6. The number of esters is 1. The monoisotopic (exact) mass is 345 g/mol. The molecule has 0 amide bonds. The van der Waals surface area contributed by atoms with Crippen molar-refractivity contribution in [2.24, 2.45) is 0 Å². The second-order valence-electron chi connectivity index (χ2n) is 7.17. The lowest BCUT2D eigenvalue weighted by Crippen LogP contribution is -2.47. The molecule has 2 aliphatic rings. The van der Waals surface area contributed by atoms with Crippen molar-refractivity contribution in [1.82, 2.24) is 9.80 Å². The van der Waals surface area contributed by atoms with Gasteiger partial charge in [-0.25, -0.2) is 0 Å². The smallest absolute Gasteiger partial charge is 0.302 e. The number of ether oxygens (including phenoxy) is 1. The van der Waals surface area contributed by atoms with Gasteiger partial charge >= 0.3 is 5.97 Å². The minimum atomic E-state index is -0.145. The highest BCUT2D eigenvalue weighted by molar-refractivity contribution is 5.66. The molecule has 1 aromatic carbocycles. The fraction of sp³-hybridized carbons (Fsp3) is 0.650. The van der Waals surface area contributed by atoms with Gasteiger partial charge in [0.1, 0.15) is 6.10 Å². The van der Waals surface area contributed by atoms with Crippen LogP contribution in [0.2, 0.25) is 0 Å². The molecule has 2 heterocycles. The predicted molar refractivity (Wildman–Crippen MR) is 101 cm³/mol. The molecule has 0 aromatic heterocycles. The molecule has 0 unspecified atom stereocenters. The number of carbonyl (C=O) groups excluding carboxylic acids is 1. The first-order valence-corrected chi connectivity index (χ1v) is 9.62. The number of carbonyl (C=O) groups is 1. The molecule has 138 valence electrons. The third-order valence-corrected chi connectivity index (χ3v) is 5.31. The summed E-state index contributed by atoms with van der Waals surface area (Å²) in [6.45, 7) is 10.5. The van der Waals surface area contributed by atoms with Crippen molar-refractivity contribution in [1.29, 1.82) is 0 Å². The number of hydrogen-bond donors (Lipinski definition) is 0. The largest absolute Gasteiger partial charge is 0.462 e. The van der Waals surface area contributed by atoms with E-state index in [1.807, 2.05) is 0 Å². The Labute approximate surface area is 151 Å². The Hall–Kier alpha value is -1.59. The van der Waals surface area contributed by atoms with Gasteiger partial charge in [-0.15, -0.1) is 0 Å². The van der Waals surface area contributed by atoms with Crippen LogP contribution in [0.3, 0.4) is 0 Å². The third-order valence-electron chi connectivity index (χ3n) is 5.31. The number of benzene rings is 1. The SMILES string of the molecule is CC(=O)OC1CCN(CCCN2CCN(c3ccccc3)CC2)CC1. The standard InChI is InChI=1S/C20H31N3O2/c1-18(24)25-20-8-12-21(13-9-20)10-5-11-22-14-16-23(17-15-22)19-6-3-2-4-7-19/h2-4,6-7,20H,5,8-17H2,1H3. The second-order valence-corrected chi connectivity index (χ2v) is 7.17. The average molecular weight is 345 g/mol. The van der Waals surface area contributed by atoms with Gasteiger partial charge < -0.3 is 14.5 Å². The Morgan fingerprint density at radius 3 is 2.16 bits per heavy atom. The number of para-hydroxylation sites is 1. The van der Waals surface area contributed by atoms with Crippen molar-refractivity contribution in [2.45, 2.75) is 32.3 Å². The molecule has 0 spiro atoms. The molecule has 5 heteroatoms. The Kier molecular flexibility index (Phi) is 6.70. The van der Waals surface area contributed by atoms with E-state index in [0.717, 1.165) is 58.7 Å². The van der Waals surface area contributed by atoms with Crippen LogP contribution in [-0.4, -0.2) is 74.2 Å². The van der Waals surface area contributed by atoms with Crippen LogP contribution < -0.4 is 4.90 Å². The number of piperidine rings is 1. The first-order valence-electron chi connectivity index (χ1n) is 9.62. The van der Waals surface area contributed by atoms with E-state index in [-0.39, 0.29) is 12.1 Å². The van der Waals surface area contributed by atoms with Gasteiger partial charge in [-0.2, -0.15) is 0 Å². The van der Waals surface area contributed by atoms with Gasteiger partial charge in [0.2, 0.25) is 0 Å². The molecule has 0 saturated carbocycles. The zero-order valence-electron chi connectivity index (χ0n) is 15.4.